The van der Waals surface area contributed by atoms with E-state index in [0.717, 1.165) is 12.8 Å². The van der Waals surface area contributed by atoms with Crippen molar-refractivity contribution in [2.24, 2.45) is 11.3 Å². The van der Waals surface area contributed by atoms with Gasteiger partial charge in [-0.15, -0.1) is 0 Å². The fourth-order valence-electron chi connectivity index (χ4n) is 1.52. The first kappa shape index (κ1) is 8.88. The second-order valence-corrected chi connectivity index (χ2v) is 3.81. The van der Waals surface area contributed by atoms with E-state index < -0.39 is 18.0 Å². The van der Waals surface area contributed by atoms with Crippen LogP contribution in [0.1, 0.15) is 33.1 Å². The Labute approximate surface area is 64.8 Å². The number of halogens is 3. The van der Waals surface area contributed by atoms with E-state index in [1.165, 1.54) is 0 Å². The van der Waals surface area contributed by atoms with Crippen molar-refractivity contribution >= 4 is 0 Å². The zero-order chi connectivity index (χ0) is 8.70. The smallest absolute Gasteiger partial charge is 0.171 e. The van der Waals surface area contributed by atoms with Crippen molar-refractivity contribution in [3.05, 3.63) is 0 Å². The summed E-state index contributed by atoms with van der Waals surface area (Å²) in [5.74, 6) is 0.170. The van der Waals surface area contributed by atoms with Crippen molar-refractivity contribution in [1.29, 1.82) is 0 Å². The van der Waals surface area contributed by atoms with Gasteiger partial charge in [0.25, 0.3) is 0 Å². The molecule has 0 bridgehead atoms. The van der Waals surface area contributed by atoms with E-state index in [4.69, 9.17) is 0 Å². The largest absolute Gasteiger partial charge is 0.389 e. The monoisotopic (exact) mass is 166 g/mol. The van der Waals surface area contributed by atoms with E-state index >= 15 is 0 Å². The Bertz CT molecular complexity index is 142. The van der Waals surface area contributed by atoms with Crippen LogP contribution < -0.4 is 0 Å². The summed E-state index contributed by atoms with van der Waals surface area (Å²) in [4.78, 5) is 0. The van der Waals surface area contributed by atoms with Gasteiger partial charge in [-0.25, -0.2) is 0 Å². The lowest BCUT2D eigenvalue weighted by atomic mass is 9.89. The maximum atomic E-state index is 12.0. The first-order valence-electron chi connectivity index (χ1n) is 3.92. The van der Waals surface area contributed by atoms with Crippen molar-refractivity contribution in [2.75, 3.05) is 0 Å². The quantitative estimate of drug-likeness (QED) is 0.590. The lowest BCUT2D eigenvalue weighted by molar-refractivity contribution is -0.151. The van der Waals surface area contributed by atoms with Crippen LogP contribution in [0.5, 0.6) is 0 Å². The van der Waals surface area contributed by atoms with E-state index in [0.29, 0.717) is 0 Å². The van der Waals surface area contributed by atoms with Gasteiger partial charge in [0.05, 0.1) is 0 Å². The summed E-state index contributed by atoms with van der Waals surface area (Å²) >= 11 is 0. The zero-order valence-corrected chi connectivity index (χ0v) is 6.83. The van der Waals surface area contributed by atoms with Crippen molar-refractivity contribution < 1.29 is 13.2 Å². The zero-order valence-electron chi connectivity index (χ0n) is 6.83. The minimum absolute atomic E-state index is 0.170. The van der Waals surface area contributed by atoms with Crippen LogP contribution in [-0.4, -0.2) is 6.18 Å². The third kappa shape index (κ3) is 2.11. The summed E-state index contributed by atoms with van der Waals surface area (Å²) in [5.41, 5.74) is -0.391. The van der Waals surface area contributed by atoms with Gasteiger partial charge in [-0.2, -0.15) is 13.2 Å². The molecule has 0 nitrogen and oxygen atoms in total. The SMILES string of the molecule is CC(C)C1(CC(F)(F)F)CC1. The summed E-state index contributed by atoms with van der Waals surface area (Å²) in [7, 11) is 0. The van der Waals surface area contributed by atoms with Gasteiger partial charge in [-0.3, -0.25) is 0 Å². The molecule has 1 rings (SSSR count). The van der Waals surface area contributed by atoms with Crippen LogP contribution in [0, 0.1) is 11.3 Å². The first-order valence-corrected chi connectivity index (χ1v) is 3.92. The second-order valence-electron chi connectivity index (χ2n) is 3.81. The molecule has 0 unspecified atom stereocenters. The van der Waals surface area contributed by atoms with Crippen molar-refractivity contribution in [1.82, 2.24) is 0 Å². The Morgan fingerprint density at radius 2 is 1.73 bits per heavy atom. The Hall–Kier alpha value is -0.210. The Balaban J connectivity index is 2.48. The van der Waals surface area contributed by atoms with Crippen LogP contribution in [0.15, 0.2) is 0 Å². The summed E-state index contributed by atoms with van der Waals surface area (Å²) in [5, 5.41) is 0. The minimum atomic E-state index is -3.97. The van der Waals surface area contributed by atoms with Gasteiger partial charge in [-0.1, -0.05) is 13.8 Å². The average Bonchev–Trinajstić information content (AvgIpc) is 2.43. The van der Waals surface area contributed by atoms with E-state index in [1.54, 1.807) is 0 Å². The number of hydrogen-bond donors (Lipinski definition) is 0. The molecule has 1 aliphatic rings. The molecule has 0 atom stereocenters. The fourth-order valence-corrected chi connectivity index (χ4v) is 1.52. The highest BCUT2D eigenvalue weighted by Crippen LogP contribution is 2.57. The van der Waals surface area contributed by atoms with Crippen molar-refractivity contribution in [3.63, 3.8) is 0 Å². The highest BCUT2D eigenvalue weighted by molar-refractivity contribution is 4.96. The van der Waals surface area contributed by atoms with Gasteiger partial charge in [0, 0.05) is 6.42 Å². The maximum Gasteiger partial charge on any atom is 0.389 e. The molecule has 0 spiro atoms. The summed E-state index contributed by atoms with van der Waals surface area (Å²) in [6, 6.07) is 0. The molecule has 0 N–H and O–H groups in total. The third-order valence-corrected chi connectivity index (χ3v) is 2.67. The van der Waals surface area contributed by atoms with Gasteiger partial charge < -0.3 is 0 Å². The number of rotatable bonds is 2. The summed E-state index contributed by atoms with van der Waals surface area (Å²) < 4.78 is 35.9. The Morgan fingerprint density at radius 3 is 1.82 bits per heavy atom. The molecule has 66 valence electrons. The molecule has 3 heteroatoms. The topological polar surface area (TPSA) is 0 Å². The molecule has 0 aliphatic heterocycles. The van der Waals surface area contributed by atoms with Gasteiger partial charge in [0.2, 0.25) is 0 Å². The standard InChI is InChI=1S/C8H13F3/c1-6(2)7(3-4-7)5-8(9,10)11/h6H,3-5H2,1-2H3. The normalized spacial score (nSPS) is 22.4. The van der Waals surface area contributed by atoms with Crippen LogP contribution in [0.2, 0.25) is 0 Å². The molecule has 0 heterocycles. The third-order valence-electron chi connectivity index (χ3n) is 2.67. The predicted octanol–water partition coefficient (Wildman–Crippen LogP) is 3.38. The van der Waals surface area contributed by atoms with Gasteiger partial charge in [0.1, 0.15) is 0 Å². The Kier molecular flexibility index (Phi) is 1.93. The van der Waals surface area contributed by atoms with Crippen LogP contribution in [0.25, 0.3) is 0 Å². The van der Waals surface area contributed by atoms with E-state index in [2.05, 4.69) is 0 Å². The molecule has 0 amide bonds. The molecule has 1 saturated carbocycles. The highest BCUT2D eigenvalue weighted by atomic mass is 19.4. The lowest BCUT2D eigenvalue weighted by Crippen LogP contribution is -2.20. The summed E-state index contributed by atoms with van der Waals surface area (Å²) in [6.07, 6.45) is -3.05. The van der Waals surface area contributed by atoms with E-state index in [1.807, 2.05) is 13.8 Å². The molecule has 1 fully saturated rings. The lowest BCUT2D eigenvalue weighted by Gasteiger charge is -2.20. The maximum absolute atomic E-state index is 12.0. The fraction of sp³-hybridized carbons (Fsp3) is 1.00. The molecule has 0 saturated heterocycles. The first-order chi connectivity index (χ1) is 4.86. The van der Waals surface area contributed by atoms with Crippen molar-refractivity contribution in [2.45, 2.75) is 39.3 Å². The highest BCUT2D eigenvalue weighted by Gasteiger charge is 2.52. The van der Waals surface area contributed by atoms with Crippen LogP contribution in [0.3, 0.4) is 0 Å². The van der Waals surface area contributed by atoms with E-state index in [9.17, 15) is 13.2 Å². The Morgan fingerprint density at radius 1 is 1.27 bits per heavy atom. The van der Waals surface area contributed by atoms with Crippen molar-refractivity contribution in [3.8, 4) is 0 Å². The number of alkyl halides is 3. The molecule has 1 aliphatic carbocycles. The van der Waals surface area contributed by atoms with Gasteiger partial charge >= 0.3 is 6.18 Å². The van der Waals surface area contributed by atoms with Gasteiger partial charge in [0.15, 0.2) is 0 Å². The van der Waals surface area contributed by atoms with Crippen LogP contribution in [0.4, 0.5) is 13.2 Å². The van der Waals surface area contributed by atoms with Crippen LogP contribution in [-0.2, 0) is 0 Å². The molecule has 11 heavy (non-hydrogen) atoms. The summed E-state index contributed by atoms with van der Waals surface area (Å²) in [6.45, 7) is 3.75. The minimum Gasteiger partial charge on any atom is -0.171 e. The molecular weight excluding hydrogens is 153 g/mol. The molecule has 0 aromatic heterocycles. The molecule has 0 aromatic rings. The predicted molar refractivity (Wildman–Crippen MR) is 37.2 cm³/mol. The molecular formula is C8H13F3. The number of hydrogen-bond acceptors (Lipinski definition) is 0. The van der Waals surface area contributed by atoms with E-state index in [-0.39, 0.29) is 5.92 Å². The molecule has 0 aromatic carbocycles. The second kappa shape index (κ2) is 2.39. The van der Waals surface area contributed by atoms with Gasteiger partial charge in [-0.05, 0) is 24.2 Å². The average molecular weight is 166 g/mol. The molecule has 0 radical (unpaired) electrons. The van der Waals surface area contributed by atoms with Crippen LogP contribution >= 0.6 is 0 Å².